The van der Waals surface area contributed by atoms with Gasteiger partial charge in [0.1, 0.15) is 0 Å². The van der Waals surface area contributed by atoms with E-state index in [2.05, 4.69) is 29.7 Å². The van der Waals surface area contributed by atoms with Crippen molar-refractivity contribution >= 4 is 29.4 Å². The van der Waals surface area contributed by atoms with Gasteiger partial charge in [0.05, 0.1) is 4.58 Å². The summed E-state index contributed by atoms with van der Waals surface area (Å²) >= 11 is 4.03. The summed E-state index contributed by atoms with van der Waals surface area (Å²) in [4.78, 5) is 12.4. The predicted molar refractivity (Wildman–Crippen MR) is 96.7 cm³/mol. The minimum absolute atomic E-state index is 0.0519. The van der Waals surface area contributed by atoms with Crippen molar-refractivity contribution < 1.29 is 4.79 Å². The fourth-order valence-corrected chi connectivity index (χ4v) is 5.86. The van der Waals surface area contributed by atoms with E-state index in [-0.39, 0.29) is 11.9 Å². The van der Waals surface area contributed by atoms with Crippen LogP contribution in [0.3, 0.4) is 0 Å². The first-order chi connectivity index (χ1) is 10.7. The van der Waals surface area contributed by atoms with E-state index < -0.39 is 0 Å². The molecule has 2 atom stereocenters. The van der Waals surface area contributed by atoms with Crippen LogP contribution in [-0.4, -0.2) is 36.0 Å². The van der Waals surface area contributed by atoms with Crippen molar-refractivity contribution in [3.05, 3.63) is 35.4 Å². The number of nitrogens with one attached hydrogen (secondary N) is 2. The fourth-order valence-electron chi connectivity index (χ4n) is 2.96. The van der Waals surface area contributed by atoms with Gasteiger partial charge in [-0.05, 0) is 61.9 Å². The zero-order valence-corrected chi connectivity index (χ0v) is 14.6. The summed E-state index contributed by atoms with van der Waals surface area (Å²) in [5.41, 5.74) is 2.10. The van der Waals surface area contributed by atoms with Crippen molar-refractivity contribution in [2.75, 3.05) is 18.1 Å². The SMILES string of the molecule is CC1NCCCC1NC(=O)c1ccc(C2SCCCS2)cc1. The van der Waals surface area contributed by atoms with Crippen LogP contribution < -0.4 is 10.6 Å². The summed E-state index contributed by atoms with van der Waals surface area (Å²) in [6.45, 7) is 3.20. The van der Waals surface area contributed by atoms with Gasteiger partial charge in [-0.3, -0.25) is 4.79 Å². The highest BCUT2D eigenvalue weighted by atomic mass is 32.2. The molecule has 22 heavy (non-hydrogen) atoms. The van der Waals surface area contributed by atoms with Gasteiger partial charge in [0, 0.05) is 17.6 Å². The van der Waals surface area contributed by atoms with Crippen molar-refractivity contribution in [3.8, 4) is 0 Å². The quantitative estimate of drug-likeness (QED) is 0.887. The molecule has 0 saturated carbocycles. The molecule has 0 spiro atoms. The second-order valence-electron chi connectivity index (χ2n) is 6.01. The molecule has 0 aliphatic carbocycles. The number of amides is 1. The summed E-state index contributed by atoms with van der Waals surface area (Å²) in [5, 5.41) is 6.59. The molecule has 1 amide bonds. The molecule has 0 radical (unpaired) electrons. The van der Waals surface area contributed by atoms with E-state index >= 15 is 0 Å². The average Bonchev–Trinajstić information content (AvgIpc) is 2.58. The molecule has 0 bridgehead atoms. The molecule has 1 aromatic rings. The lowest BCUT2D eigenvalue weighted by Crippen LogP contribution is -2.51. The van der Waals surface area contributed by atoms with E-state index in [9.17, 15) is 4.79 Å². The first-order valence-electron chi connectivity index (χ1n) is 8.11. The number of hydrogen-bond donors (Lipinski definition) is 2. The Balaban J connectivity index is 1.60. The van der Waals surface area contributed by atoms with Crippen LogP contribution in [-0.2, 0) is 0 Å². The summed E-state index contributed by atoms with van der Waals surface area (Å²) in [5.74, 6) is 2.54. The van der Waals surface area contributed by atoms with Crippen LogP contribution in [0.25, 0.3) is 0 Å². The number of rotatable bonds is 3. The van der Waals surface area contributed by atoms with Gasteiger partial charge in [-0.2, -0.15) is 0 Å². The molecule has 2 unspecified atom stereocenters. The molecule has 0 aromatic heterocycles. The molecule has 5 heteroatoms. The van der Waals surface area contributed by atoms with Crippen LogP contribution in [0, 0.1) is 0 Å². The van der Waals surface area contributed by atoms with E-state index in [0.29, 0.717) is 10.6 Å². The van der Waals surface area contributed by atoms with Gasteiger partial charge in [-0.25, -0.2) is 0 Å². The Morgan fingerprint density at radius 1 is 1.18 bits per heavy atom. The Hall–Kier alpha value is -0.650. The van der Waals surface area contributed by atoms with Crippen LogP contribution in [0.1, 0.15) is 46.7 Å². The highest BCUT2D eigenvalue weighted by Gasteiger charge is 2.23. The number of benzene rings is 1. The molecule has 1 aromatic carbocycles. The van der Waals surface area contributed by atoms with Gasteiger partial charge in [0.25, 0.3) is 5.91 Å². The molecule has 2 fully saturated rings. The molecule has 2 heterocycles. The highest BCUT2D eigenvalue weighted by molar-refractivity contribution is 8.16. The molecule has 2 aliphatic rings. The van der Waals surface area contributed by atoms with E-state index in [4.69, 9.17) is 0 Å². The maximum atomic E-state index is 12.4. The van der Waals surface area contributed by atoms with E-state index in [0.717, 1.165) is 24.9 Å². The van der Waals surface area contributed by atoms with Gasteiger partial charge < -0.3 is 10.6 Å². The van der Waals surface area contributed by atoms with Crippen LogP contribution in [0.15, 0.2) is 24.3 Å². The smallest absolute Gasteiger partial charge is 0.251 e. The van der Waals surface area contributed by atoms with Gasteiger partial charge in [0.15, 0.2) is 0 Å². The topological polar surface area (TPSA) is 41.1 Å². The lowest BCUT2D eigenvalue weighted by molar-refractivity contribution is 0.0920. The van der Waals surface area contributed by atoms with Gasteiger partial charge >= 0.3 is 0 Å². The minimum Gasteiger partial charge on any atom is -0.348 e. The first kappa shape index (κ1) is 16.2. The lowest BCUT2D eigenvalue weighted by Gasteiger charge is -2.30. The van der Waals surface area contributed by atoms with Crippen LogP contribution >= 0.6 is 23.5 Å². The highest BCUT2D eigenvalue weighted by Crippen LogP contribution is 2.43. The number of carbonyl (C=O) groups is 1. The number of carbonyl (C=O) groups excluding carboxylic acids is 1. The second-order valence-corrected chi connectivity index (χ2v) is 8.74. The van der Waals surface area contributed by atoms with Gasteiger partial charge in [-0.1, -0.05) is 12.1 Å². The Kier molecular flexibility index (Phi) is 5.71. The normalized spacial score (nSPS) is 26.6. The predicted octanol–water partition coefficient (Wildman–Crippen LogP) is 3.43. The largest absolute Gasteiger partial charge is 0.348 e. The first-order valence-corrected chi connectivity index (χ1v) is 10.2. The van der Waals surface area contributed by atoms with Crippen LogP contribution in [0.5, 0.6) is 0 Å². The Bertz CT molecular complexity index is 500. The van der Waals surface area contributed by atoms with Crippen molar-refractivity contribution in [1.29, 1.82) is 0 Å². The van der Waals surface area contributed by atoms with Crippen LogP contribution in [0.4, 0.5) is 0 Å². The Morgan fingerprint density at radius 3 is 2.59 bits per heavy atom. The van der Waals surface area contributed by atoms with Crippen molar-refractivity contribution in [2.24, 2.45) is 0 Å². The zero-order valence-electron chi connectivity index (χ0n) is 13.0. The van der Waals surface area contributed by atoms with Crippen molar-refractivity contribution in [2.45, 2.75) is 42.9 Å². The monoisotopic (exact) mass is 336 g/mol. The third-order valence-electron chi connectivity index (χ3n) is 4.35. The zero-order chi connectivity index (χ0) is 15.4. The molecule has 120 valence electrons. The molecule has 3 nitrogen and oxygen atoms in total. The van der Waals surface area contributed by atoms with E-state index in [1.807, 2.05) is 35.7 Å². The summed E-state index contributed by atoms with van der Waals surface area (Å²) < 4.78 is 0.536. The van der Waals surface area contributed by atoms with Crippen molar-refractivity contribution in [1.82, 2.24) is 10.6 Å². The maximum absolute atomic E-state index is 12.4. The lowest BCUT2D eigenvalue weighted by atomic mass is 9.99. The number of piperidine rings is 1. The third-order valence-corrected chi connectivity index (χ3v) is 7.37. The summed E-state index contributed by atoms with van der Waals surface area (Å²) in [6.07, 6.45) is 3.50. The minimum atomic E-state index is 0.0519. The summed E-state index contributed by atoms with van der Waals surface area (Å²) in [7, 11) is 0. The fraction of sp³-hybridized carbons (Fsp3) is 0.588. The Morgan fingerprint density at radius 2 is 1.91 bits per heavy atom. The second kappa shape index (κ2) is 7.75. The van der Waals surface area contributed by atoms with E-state index in [1.54, 1.807) is 0 Å². The van der Waals surface area contributed by atoms with Crippen molar-refractivity contribution in [3.63, 3.8) is 0 Å². The van der Waals surface area contributed by atoms with Crippen LogP contribution in [0.2, 0.25) is 0 Å². The molecule has 2 N–H and O–H groups in total. The molecule has 3 rings (SSSR count). The molecule has 2 saturated heterocycles. The average molecular weight is 337 g/mol. The number of hydrogen-bond acceptors (Lipinski definition) is 4. The maximum Gasteiger partial charge on any atom is 0.251 e. The Labute approximate surface area is 141 Å². The molecule has 2 aliphatic heterocycles. The third kappa shape index (κ3) is 4.00. The molecular weight excluding hydrogens is 312 g/mol. The van der Waals surface area contributed by atoms with Gasteiger partial charge in [0.2, 0.25) is 0 Å². The summed E-state index contributed by atoms with van der Waals surface area (Å²) in [6, 6.07) is 8.78. The molecular formula is C17H24N2OS2. The van der Waals surface area contributed by atoms with Gasteiger partial charge in [-0.15, -0.1) is 23.5 Å². The number of thioether (sulfide) groups is 2. The van der Waals surface area contributed by atoms with E-state index in [1.165, 1.54) is 23.5 Å². The standard InChI is InChI=1S/C17H24N2OS2/c1-12-15(4-2-9-18-12)19-16(20)13-5-7-14(8-6-13)17-21-10-3-11-22-17/h5-8,12,15,17-18H,2-4,9-11H2,1H3,(H,19,20).